The highest BCUT2D eigenvalue weighted by atomic mass is 35.5. The second kappa shape index (κ2) is 8.25. The summed E-state index contributed by atoms with van der Waals surface area (Å²) in [6, 6.07) is 25.8. The lowest BCUT2D eigenvalue weighted by Gasteiger charge is -2.10. The van der Waals surface area contributed by atoms with Crippen LogP contribution in [0.15, 0.2) is 91.1 Å². The van der Waals surface area contributed by atoms with Crippen LogP contribution in [0.1, 0.15) is 10.4 Å². The van der Waals surface area contributed by atoms with Crippen molar-refractivity contribution in [2.45, 2.75) is 0 Å². The first-order valence-electron chi connectivity index (χ1n) is 8.98. The van der Waals surface area contributed by atoms with Crippen molar-refractivity contribution in [1.82, 2.24) is 4.98 Å². The van der Waals surface area contributed by atoms with E-state index < -0.39 is 5.95 Å². The number of pyridine rings is 1. The molecule has 3 nitrogen and oxygen atoms in total. The Balaban J connectivity index is 1.59. The van der Waals surface area contributed by atoms with Crippen LogP contribution >= 0.6 is 11.6 Å². The molecule has 1 heterocycles. The van der Waals surface area contributed by atoms with Crippen LogP contribution in [0.4, 0.5) is 10.1 Å². The van der Waals surface area contributed by atoms with Gasteiger partial charge in [0.2, 0.25) is 5.95 Å². The van der Waals surface area contributed by atoms with Crippen LogP contribution in [0.3, 0.4) is 0 Å². The van der Waals surface area contributed by atoms with Crippen molar-refractivity contribution >= 4 is 23.2 Å². The third kappa shape index (κ3) is 4.33. The van der Waals surface area contributed by atoms with Crippen molar-refractivity contribution in [2.75, 3.05) is 5.32 Å². The fourth-order valence-corrected chi connectivity index (χ4v) is 3.24. The number of amides is 1. The van der Waals surface area contributed by atoms with Crippen LogP contribution in [-0.2, 0) is 0 Å². The highest BCUT2D eigenvalue weighted by Gasteiger charge is 2.11. The molecule has 0 atom stereocenters. The Kier molecular flexibility index (Phi) is 5.36. The lowest BCUT2D eigenvalue weighted by molar-refractivity contribution is 0.102. The first-order valence-corrected chi connectivity index (χ1v) is 9.36. The van der Waals surface area contributed by atoms with E-state index in [2.05, 4.69) is 22.4 Å². The molecule has 1 N–H and O–H groups in total. The number of aromatic nitrogens is 1. The van der Waals surface area contributed by atoms with Gasteiger partial charge in [-0.1, -0.05) is 66.2 Å². The summed E-state index contributed by atoms with van der Waals surface area (Å²) in [4.78, 5) is 16.1. The molecule has 0 aliphatic rings. The Hall–Kier alpha value is -3.50. The molecule has 0 aliphatic heterocycles. The number of halogens is 2. The van der Waals surface area contributed by atoms with Gasteiger partial charge in [0.1, 0.15) is 0 Å². The largest absolute Gasteiger partial charge is 0.321 e. The predicted octanol–water partition coefficient (Wildman–Crippen LogP) is 6.46. The van der Waals surface area contributed by atoms with E-state index in [4.69, 9.17) is 11.6 Å². The van der Waals surface area contributed by atoms with Crippen LogP contribution in [-0.4, -0.2) is 10.9 Å². The minimum Gasteiger partial charge on any atom is -0.321 e. The van der Waals surface area contributed by atoms with Crippen LogP contribution < -0.4 is 5.32 Å². The summed E-state index contributed by atoms with van der Waals surface area (Å²) in [5, 5.41) is 3.26. The second-order valence-electron chi connectivity index (χ2n) is 6.46. The molecule has 0 saturated carbocycles. The fourth-order valence-electron chi connectivity index (χ4n) is 3.01. The summed E-state index contributed by atoms with van der Waals surface area (Å²) in [5.74, 6) is -0.923. The van der Waals surface area contributed by atoms with Gasteiger partial charge >= 0.3 is 0 Å². The maximum Gasteiger partial charge on any atom is 0.255 e. The van der Waals surface area contributed by atoms with E-state index in [0.717, 1.165) is 22.3 Å². The van der Waals surface area contributed by atoms with Crippen molar-refractivity contribution in [3.63, 3.8) is 0 Å². The zero-order chi connectivity index (χ0) is 20.2. The maximum atomic E-state index is 12.9. The van der Waals surface area contributed by atoms with E-state index in [1.54, 1.807) is 18.2 Å². The molecule has 0 saturated heterocycles. The topological polar surface area (TPSA) is 42.0 Å². The summed E-state index contributed by atoms with van der Waals surface area (Å²) < 4.78 is 12.9. The molecule has 0 fully saturated rings. The second-order valence-corrected chi connectivity index (χ2v) is 6.87. The molecule has 1 amide bonds. The minimum absolute atomic E-state index is 0.322. The first-order chi connectivity index (χ1) is 14.1. The number of carbonyl (C=O) groups is 1. The lowest BCUT2D eigenvalue weighted by Crippen LogP contribution is -2.12. The van der Waals surface area contributed by atoms with E-state index in [1.165, 1.54) is 18.3 Å². The number of nitrogens with zero attached hydrogens (tertiary/aromatic N) is 1. The molecule has 0 radical (unpaired) electrons. The molecule has 0 aliphatic carbocycles. The maximum absolute atomic E-state index is 12.9. The Morgan fingerprint density at radius 1 is 0.828 bits per heavy atom. The van der Waals surface area contributed by atoms with Crippen LogP contribution in [0.5, 0.6) is 0 Å². The van der Waals surface area contributed by atoms with Gasteiger partial charge in [0, 0.05) is 16.1 Å². The number of anilines is 1. The number of rotatable bonds is 4. The molecular formula is C24H16ClFN2O. The summed E-state index contributed by atoms with van der Waals surface area (Å²) in [6.45, 7) is 0. The highest BCUT2D eigenvalue weighted by Crippen LogP contribution is 2.31. The monoisotopic (exact) mass is 402 g/mol. The molecule has 4 rings (SSSR count). The summed E-state index contributed by atoms with van der Waals surface area (Å²) in [6.07, 6.45) is 1.27. The van der Waals surface area contributed by atoms with Crippen LogP contribution in [0.2, 0.25) is 5.02 Å². The van der Waals surface area contributed by atoms with Crippen LogP contribution in [0.25, 0.3) is 22.3 Å². The van der Waals surface area contributed by atoms with Gasteiger partial charge < -0.3 is 5.32 Å². The lowest BCUT2D eigenvalue weighted by atomic mass is 9.99. The normalized spacial score (nSPS) is 10.6. The summed E-state index contributed by atoms with van der Waals surface area (Å²) in [5.41, 5.74) is 4.76. The molecule has 29 heavy (non-hydrogen) atoms. The van der Waals surface area contributed by atoms with E-state index >= 15 is 0 Å². The van der Waals surface area contributed by atoms with Gasteiger partial charge in [0.05, 0.1) is 11.9 Å². The van der Waals surface area contributed by atoms with E-state index in [0.29, 0.717) is 16.3 Å². The molecule has 0 bridgehead atoms. The first kappa shape index (κ1) is 18.8. The number of hydrogen-bond acceptors (Lipinski definition) is 2. The quantitative estimate of drug-likeness (QED) is 0.398. The van der Waals surface area contributed by atoms with Crippen LogP contribution in [0, 0.1) is 5.95 Å². The third-order valence-corrected chi connectivity index (χ3v) is 4.85. The van der Waals surface area contributed by atoms with E-state index in [-0.39, 0.29) is 5.91 Å². The minimum atomic E-state index is -0.601. The average molecular weight is 403 g/mol. The highest BCUT2D eigenvalue weighted by molar-refractivity contribution is 6.33. The van der Waals surface area contributed by atoms with Crippen molar-refractivity contribution in [3.05, 3.63) is 108 Å². The van der Waals surface area contributed by atoms with Crippen molar-refractivity contribution in [2.24, 2.45) is 0 Å². The molecule has 3 aromatic carbocycles. The third-order valence-electron chi connectivity index (χ3n) is 4.52. The number of carbonyl (C=O) groups excluding carboxylic acids is 1. The molecule has 5 heteroatoms. The zero-order valence-corrected chi connectivity index (χ0v) is 16.0. The van der Waals surface area contributed by atoms with Crippen molar-refractivity contribution < 1.29 is 9.18 Å². The average Bonchev–Trinajstić information content (AvgIpc) is 2.76. The van der Waals surface area contributed by atoms with E-state index in [1.807, 2.05) is 42.5 Å². The Labute approximate surface area is 172 Å². The summed E-state index contributed by atoms with van der Waals surface area (Å²) in [7, 11) is 0. The Morgan fingerprint density at radius 3 is 2.21 bits per heavy atom. The van der Waals surface area contributed by atoms with Gasteiger partial charge in [0.25, 0.3) is 5.91 Å². The van der Waals surface area contributed by atoms with Crippen molar-refractivity contribution in [1.29, 1.82) is 0 Å². The molecule has 0 unspecified atom stereocenters. The smallest absolute Gasteiger partial charge is 0.255 e. The number of benzene rings is 3. The molecule has 0 spiro atoms. The van der Waals surface area contributed by atoms with Gasteiger partial charge in [-0.25, -0.2) is 4.98 Å². The van der Waals surface area contributed by atoms with Gasteiger partial charge in [-0.15, -0.1) is 0 Å². The zero-order valence-electron chi connectivity index (χ0n) is 15.3. The van der Waals surface area contributed by atoms with Gasteiger partial charge in [0.15, 0.2) is 0 Å². The van der Waals surface area contributed by atoms with Crippen molar-refractivity contribution in [3.8, 4) is 22.3 Å². The molecule has 1 aromatic heterocycles. The number of nitrogens with one attached hydrogen (secondary N) is 1. The SMILES string of the molecule is O=C(Nc1ccc(F)nc1)c1ccc(Cl)c(-c2ccc(-c3ccccc3)cc2)c1. The molecule has 4 aromatic rings. The van der Waals surface area contributed by atoms with Gasteiger partial charge in [-0.2, -0.15) is 4.39 Å². The fraction of sp³-hybridized carbons (Fsp3) is 0. The summed E-state index contributed by atoms with van der Waals surface area (Å²) >= 11 is 6.39. The van der Waals surface area contributed by atoms with Gasteiger partial charge in [-0.05, 0) is 47.0 Å². The molecular weight excluding hydrogens is 387 g/mol. The Morgan fingerprint density at radius 2 is 1.52 bits per heavy atom. The van der Waals surface area contributed by atoms with E-state index in [9.17, 15) is 9.18 Å². The molecule has 142 valence electrons. The standard InChI is InChI=1S/C24H16ClFN2O/c25-22-12-10-19(24(29)28-20-11-13-23(26)27-15-20)14-21(22)18-8-6-17(7-9-18)16-4-2-1-3-5-16/h1-15H,(H,28,29). The Bertz CT molecular complexity index is 1140. The van der Waals surface area contributed by atoms with Gasteiger partial charge in [-0.3, -0.25) is 4.79 Å². The predicted molar refractivity (Wildman–Crippen MR) is 114 cm³/mol. The number of hydrogen-bond donors (Lipinski definition) is 1.